The van der Waals surface area contributed by atoms with Crippen LogP contribution in [-0.2, 0) is 23.1 Å². The number of nitrogens with zero attached hydrogens (tertiary/aromatic N) is 5. The Labute approximate surface area is 203 Å². The predicted molar refractivity (Wildman–Crippen MR) is 130 cm³/mol. The maximum Gasteiger partial charge on any atom is 0.425 e. The first-order chi connectivity index (χ1) is 16.3. The Hall–Kier alpha value is -3.97. The quantitative estimate of drug-likeness (QED) is 0.573. The number of aliphatic hydroxyl groups is 1. The Kier molecular flexibility index (Phi) is 6.85. The highest BCUT2D eigenvalue weighted by Gasteiger charge is 2.34. The molecule has 0 bridgehead atoms. The van der Waals surface area contributed by atoms with E-state index in [1.807, 2.05) is 6.07 Å². The van der Waals surface area contributed by atoms with E-state index in [9.17, 15) is 20.0 Å². The molecular formula is C25H29N5O5. The third-order valence-electron chi connectivity index (χ3n) is 4.85. The molecule has 0 aromatic carbocycles. The van der Waals surface area contributed by atoms with Gasteiger partial charge >= 0.3 is 12.2 Å². The first-order valence-corrected chi connectivity index (χ1v) is 11.0. The largest absolute Gasteiger partial charge is 0.443 e. The minimum atomic E-state index is -0.974. The summed E-state index contributed by atoms with van der Waals surface area (Å²) >= 11 is 0. The van der Waals surface area contributed by atoms with Crippen molar-refractivity contribution in [2.24, 2.45) is 7.05 Å². The first-order valence-electron chi connectivity index (χ1n) is 11.0. The van der Waals surface area contributed by atoms with Gasteiger partial charge in [0.05, 0.1) is 6.61 Å². The first kappa shape index (κ1) is 25.6. The van der Waals surface area contributed by atoms with Crippen molar-refractivity contribution < 1.29 is 24.2 Å². The number of ether oxygens (including phenoxy) is 2. The number of aliphatic hydroxyl groups excluding tert-OH is 1. The van der Waals surface area contributed by atoms with Gasteiger partial charge in [0.1, 0.15) is 28.7 Å². The van der Waals surface area contributed by atoms with E-state index >= 15 is 0 Å². The fraction of sp³-hybridized carbons (Fsp3) is 0.400. The number of nitriles is 1. The smallest absolute Gasteiger partial charge is 0.425 e. The molecule has 10 heteroatoms. The molecule has 3 aromatic heterocycles. The zero-order valence-electron chi connectivity index (χ0n) is 20.9. The maximum atomic E-state index is 12.9. The maximum absolute atomic E-state index is 12.9. The Bertz CT molecular complexity index is 1300. The van der Waals surface area contributed by atoms with Crippen molar-refractivity contribution in [1.29, 1.82) is 5.26 Å². The van der Waals surface area contributed by atoms with E-state index < -0.39 is 23.4 Å². The second-order valence-electron chi connectivity index (χ2n) is 9.92. The Morgan fingerprint density at radius 3 is 2.17 bits per heavy atom. The molecule has 184 valence electrons. The number of fused-ring (bicyclic) bond motifs is 1. The summed E-state index contributed by atoms with van der Waals surface area (Å²) in [6.45, 7) is 9.86. The molecule has 0 spiro atoms. The third-order valence-corrected chi connectivity index (χ3v) is 4.85. The number of carbonyl (C=O) groups excluding carboxylic acids is 2. The van der Waals surface area contributed by atoms with E-state index in [-0.39, 0.29) is 18.1 Å². The standard InChI is InChI=1S/C25H29N5O5/c1-24(2,3)34-22(32)30(23(33)35-25(4,5)6)20-9-8-17(19(13-26)28-20)16-10-11-27-21-18(16)12-15(14-31)29(21)7/h8-12,31H,14H2,1-7H3. The molecular weight excluding hydrogens is 450 g/mol. The summed E-state index contributed by atoms with van der Waals surface area (Å²) in [5, 5.41) is 20.3. The van der Waals surface area contributed by atoms with Gasteiger partial charge in [0, 0.05) is 29.9 Å². The number of aromatic nitrogens is 3. The molecule has 0 atom stereocenters. The average Bonchev–Trinajstić information content (AvgIpc) is 3.07. The van der Waals surface area contributed by atoms with Gasteiger partial charge in [0.2, 0.25) is 0 Å². The molecule has 0 aliphatic heterocycles. The van der Waals surface area contributed by atoms with Crippen molar-refractivity contribution in [2.45, 2.75) is 59.4 Å². The van der Waals surface area contributed by atoms with Crippen LogP contribution in [0, 0.1) is 11.3 Å². The topological polar surface area (TPSA) is 131 Å². The zero-order valence-corrected chi connectivity index (χ0v) is 20.9. The number of carbonyl (C=O) groups is 2. The lowest BCUT2D eigenvalue weighted by atomic mass is 10.0. The number of hydrogen-bond donors (Lipinski definition) is 1. The van der Waals surface area contributed by atoms with E-state index in [2.05, 4.69) is 9.97 Å². The number of aryl methyl sites for hydroxylation is 1. The van der Waals surface area contributed by atoms with Gasteiger partial charge in [-0.25, -0.2) is 19.6 Å². The Balaban J connectivity index is 2.14. The Morgan fingerprint density at radius 2 is 1.66 bits per heavy atom. The number of amides is 2. The van der Waals surface area contributed by atoms with Crippen molar-refractivity contribution >= 4 is 29.0 Å². The van der Waals surface area contributed by atoms with Gasteiger partial charge in [-0.1, -0.05) is 0 Å². The summed E-state index contributed by atoms with van der Waals surface area (Å²) in [5.41, 5.74) is 0.661. The van der Waals surface area contributed by atoms with Gasteiger partial charge < -0.3 is 19.1 Å². The molecule has 3 rings (SSSR count). The lowest BCUT2D eigenvalue weighted by Crippen LogP contribution is -2.44. The summed E-state index contributed by atoms with van der Waals surface area (Å²) in [6.07, 6.45) is -0.350. The van der Waals surface area contributed by atoms with Crippen LogP contribution in [0.25, 0.3) is 22.2 Å². The van der Waals surface area contributed by atoms with Crippen LogP contribution in [0.3, 0.4) is 0 Å². The Morgan fingerprint density at radius 1 is 1.06 bits per heavy atom. The summed E-state index contributed by atoms with van der Waals surface area (Å²) in [4.78, 5) is 35.2. The molecule has 0 aliphatic carbocycles. The van der Waals surface area contributed by atoms with Gasteiger partial charge in [0.25, 0.3) is 0 Å². The highest BCUT2D eigenvalue weighted by atomic mass is 16.6. The summed E-state index contributed by atoms with van der Waals surface area (Å²) < 4.78 is 12.5. The normalized spacial score (nSPS) is 11.7. The lowest BCUT2D eigenvalue weighted by Gasteiger charge is -2.28. The fourth-order valence-corrected chi connectivity index (χ4v) is 3.41. The third kappa shape index (κ3) is 5.58. The second-order valence-corrected chi connectivity index (χ2v) is 9.92. The molecule has 0 saturated carbocycles. The summed E-state index contributed by atoms with van der Waals surface area (Å²) in [5.74, 6) is -0.108. The summed E-state index contributed by atoms with van der Waals surface area (Å²) in [7, 11) is 1.79. The minimum Gasteiger partial charge on any atom is -0.443 e. The number of anilines is 1. The molecule has 0 fully saturated rings. The van der Waals surface area contributed by atoms with Crippen LogP contribution < -0.4 is 4.90 Å². The zero-order chi connectivity index (χ0) is 26.1. The predicted octanol–water partition coefficient (Wildman–Crippen LogP) is 4.68. The van der Waals surface area contributed by atoms with Gasteiger partial charge in [0.15, 0.2) is 5.69 Å². The molecule has 0 saturated heterocycles. The number of hydrogen-bond acceptors (Lipinski definition) is 8. The fourth-order valence-electron chi connectivity index (χ4n) is 3.41. The van der Waals surface area contributed by atoms with Crippen LogP contribution in [0.1, 0.15) is 52.9 Å². The van der Waals surface area contributed by atoms with Crippen LogP contribution in [0.15, 0.2) is 30.5 Å². The number of pyridine rings is 2. The molecule has 0 aliphatic rings. The van der Waals surface area contributed by atoms with Crippen molar-refractivity contribution in [3.63, 3.8) is 0 Å². The highest BCUT2D eigenvalue weighted by Crippen LogP contribution is 2.32. The van der Waals surface area contributed by atoms with Crippen molar-refractivity contribution in [3.05, 3.63) is 41.9 Å². The van der Waals surface area contributed by atoms with Gasteiger partial charge in [-0.05, 0) is 71.4 Å². The van der Waals surface area contributed by atoms with E-state index in [1.54, 1.807) is 77.6 Å². The van der Waals surface area contributed by atoms with Crippen LogP contribution in [0.2, 0.25) is 0 Å². The molecule has 3 aromatic rings. The van der Waals surface area contributed by atoms with Gasteiger partial charge in [-0.15, -0.1) is 0 Å². The van der Waals surface area contributed by atoms with Crippen molar-refractivity contribution in [1.82, 2.24) is 14.5 Å². The van der Waals surface area contributed by atoms with Crippen molar-refractivity contribution in [2.75, 3.05) is 4.90 Å². The molecule has 1 N–H and O–H groups in total. The highest BCUT2D eigenvalue weighted by molar-refractivity contribution is 6.09. The lowest BCUT2D eigenvalue weighted by molar-refractivity contribution is 0.0429. The second kappa shape index (κ2) is 9.35. The van der Waals surface area contributed by atoms with E-state index in [4.69, 9.17) is 9.47 Å². The average molecular weight is 480 g/mol. The van der Waals surface area contributed by atoms with Crippen LogP contribution in [0.5, 0.6) is 0 Å². The van der Waals surface area contributed by atoms with Gasteiger partial charge in [-0.2, -0.15) is 10.2 Å². The SMILES string of the molecule is Cn1c(CO)cc2c(-c3ccc(N(C(=O)OC(C)(C)C)C(=O)OC(C)(C)C)nc3C#N)ccnc21. The number of imide groups is 1. The van der Waals surface area contributed by atoms with Crippen LogP contribution >= 0.6 is 0 Å². The molecule has 2 amide bonds. The van der Waals surface area contributed by atoms with Crippen LogP contribution in [-0.4, -0.2) is 43.0 Å². The summed E-state index contributed by atoms with van der Waals surface area (Å²) in [6, 6.07) is 8.62. The van der Waals surface area contributed by atoms with Crippen molar-refractivity contribution in [3.8, 4) is 17.2 Å². The molecule has 0 radical (unpaired) electrons. The van der Waals surface area contributed by atoms with Gasteiger partial charge in [-0.3, -0.25) is 0 Å². The van der Waals surface area contributed by atoms with E-state index in [0.717, 1.165) is 5.39 Å². The number of rotatable bonds is 3. The monoisotopic (exact) mass is 479 g/mol. The molecule has 10 nitrogen and oxygen atoms in total. The van der Waals surface area contributed by atoms with Crippen LogP contribution in [0.4, 0.5) is 15.4 Å². The molecule has 3 heterocycles. The van der Waals surface area contributed by atoms with E-state index in [1.165, 1.54) is 6.07 Å². The molecule has 35 heavy (non-hydrogen) atoms. The molecule has 0 unspecified atom stereocenters. The van der Waals surface area contributed by atoms with E-state index in [0.29, 0.717) is 27.4 Å². The minimum absolute atomic E-state index is 0.0125.